The monoisotopic (exact) mass is 226 g/mol. The Balaban J connectivity index is 2.72. The minimum Gasteiger partial charge on any atom is -0.396 e. The van der Waals surface area contributed by atoms with Gasteiger partial charge in [-0.15, -0.1) is 0 Å². The molecule has 1 heterocycles. The fraction of sp³-hybridized carbons (Fsp3) is 0.455. The van der Waals surface area contributed by atoms with Gasteiger partial charge in [-0.3, -0.25) is 9.78 Å². The van der Waals surface area contributed by atoms with Gasteiger partial charge < -0.3 is 10.4 Å². The van der Waals surface area contributed by atoms with Crippen LogP contribution in [0.3, 0.4) is 0 Å². The summed E-state index contributed by atoms with van der Waals surface area (Å²) in [6.45, 7) is 3.55. The van der Waals surface area contributed by atoms with Gasteiger partial charge >= 0.3 is 0 Å². The van der Waals surface area contributed by atoms with Crippen molar-refractivity contribution in [2.45, 2.75) is 25.8 Å². The number of aliphatic hydroxyl groups is 1. The van der Waals surface area contributed by atoms with Crippen LogP contribution in [0.1, 0.15) is 30.6 Å². The fourth-order valence-electron chi connectivity index (χ4n) is 1.26. The maximum absolute atomic E-state index is 12.8. The van der Waals surface area contributed by atoms with E-state index in [1.165, 1.54) is 6.20 Å². The van der Waals surface area contributed by atoms with Crippen molar-refractivity contribution in [3.8, 4) is 0 Å². The summed E-state index contributed by atoms with van der Waals surface area (Å²) in [5, 5.41) is 11.5. The second-order valence-electron chi connectivity index (χ2n) is 4.20. The molecular weight excluding hydrogens is 211 g/mol. The highest BCUT2D eigenvalue weighted by Gasteiger charge is 2.20. The number of carbonyl (C=O) groups is 1. The maximum atomic E-state index is 12.8. The second-order valence-corrected chi connectivity index (χ2v) is 4.20. The topological polar surface area (TPSA) is 62.2 Å². The standard InChI is InChI=1S/C11H15FN2O2/c1-11(2,3-4-15)14-10(16)8-5-9(12)7-13-6-8/h5-7,15H,3-4H2,1-2H3,(H,14,16). The lowest BCUT2D eigenvalue weighted by molar-refractivity contribution is 0.0898. The zero-order valence-electron chi connectivity index (χ0n) is 9.33. The van der Waals surface area contributed by atoms with Gasteiger partial charge in [0.15, 0.2) is 0 Å². The first-order valence-electron chi connectivity index (χ1n) is 4.98. The molecule has 0 unspecified atom stereocenters. The molecule has 0 aromatic carbocycles. The van der Waals surface area contributed by atoms with E-state index in [4.69, 9.17) is 5.11 Å². The summed E-state index contributed by atoms with van der Waals surface area (Å²) in [5.74, 6) is -0.946. The molecule has 0 fully saturated rings. The van der Waals surface area contributed by atoms with E-state index in [9.17, 15) is 9.18 Å². The smallest absolute Gasteiger partial charge is 0.253 e. The molecule has 0 aliphatic rings. The van der Waals surface area contributed by atoms with Gasteiger partial charge in [0.1, 0.15) is 5.82 Å². The van der Waals surface area contributed by atoms with Gasteiger partial charge in [-0.1, -0.05) is 0 Å². The van der Waals surface area contributed by atoms with Crippen LogP contribution in [0.4, 0.5) is 4.39 Å². The fourth-order valence-corrected chi connectivity index (χ4v) is 1.26. The highest BCUT2D eigenvalue weighted by atomic mass is 19.1. The lowest BCUT2D eigenvalue weighted by atomic mass is 10.0. The summed E-state index contributed by atoms with van der Waals surface area (Å²) >= 11 is 0. The van der Waals surface area contributed by atoms with Gasteiger partial charge in [-0.05, 0) is 26.3 Å². The van der Waals surface area contributed by atoms with Crippen LogP contribution in [0.25, 0.3) is 0 Å². The summed E-state index contributed by atoms with van der Waals surface area (Å²) in [6, 6.07) is 1.12. The Morgan fingerprint density at radius 2 is 2.25 bits per heavy atom. The highest BCUT2D eigenvalue weighted by Crippen LogP contribution is 2.09. The second kappa shape index (κ2) is 5.03. The minimum absolute atomic E-state index is 0.0192. The van der Waals surface area contributed by atoms with Crippen molar-refractivity contribution < 1.29 is 14.3 Å². The number of pyridine rings is 1. The van der Waals surface area contributed by atoms with E-state index >= 15 is 0 Å². The zero-order chi connectivity index (χ0) is 12.2. The Hall–Kier alpha value is -1.49. The molecular formula is C11H15FN2O2. The number of nitrogens with zero attached hydrogens (tertiary/aromatic N) is 1. The zero-order valence-corrected chi connectivity index (χ0v) is 9.33. The van der Waals surface area contributed by atoms with Crippen LogP contribution in [-0.4, -0.2) is 28.1 Å². The summed E-state index contributed by atoms with van der Waals surface area (Å²) in [6.07, 6.45) is 2.77. The summed E-state index contributed by atoms with van der Waals surface area (Å²) < 4.78 is 12.8. The minimum atomic E-state index is -0.549. The predicted molar refractivity (Wildman–Crippen MR) is 57.4 cm³/mol. The van der Waals surface area contributed by atoms with Crippen LogP contribution in [0.15, 0.2) is 18.5 Å². The largest absolute Gasteiger partial charge is 0.396 e. The summed E-state index contributed by atoms with van der Waals surface area (Å²) in [7, 11) is 0. The average molecular weight is 226 g/mol. The van der Waals surface area contributed by atoms with Crippen molar-refractivity contribution >= 4 is 5.91 Å². The molecule has 0 aliphatic heterocycles. The van der Waals surface area contributed by atoms with E-state index < -0.39 is 17.3 Å². The Kier molecular flexibility index (Phi) is 3.95. The SMILES string of the molecule is CC(C)(CCO)NC(=O)c1cncc(F)c1. The van der Waals surface area contributed by atoms with Crippen molar-refractivity contribution in [2.24, 2.45) is 0 Å². The average Bonchev–Trinajstić information content (AvgIpc) is 2.16. The quantitative estimate of drug-likeness (QED) is 0.808. The Morgan fingerprint density at radius 3 is 2.81 bits per heavy atom. The van der Waals surface area contributed by atoms with Crippen molar-refractivity contribution in [1.82, 2.24) is 10.3 Å². The molecule has 0 saturated heterocycles. The van der Waals surface area contributed by atoms with Gasteiger partial charge in [-0.2, -0.15) is 0 Å². The van der Waals surface area contributed by atoms with Gasteiger partial charge in [0, 0.05) is 18.3 Å². The van der Waals surface area contributed by atoms with Gasteiger partial charge in [0.2, 0.25) is 0 Å². The molecule has 1 rings (SSSR count). The van der Waals surface area contributed by atoms with E-state index in [-0.39, 0.29) is 12.2 Å². The van der Waals surface area contributed by atoms with E-state index in [0.29, 0.717) is 6.42 Å². The lowest BCUT2D eigenvalue weighted by Gasteiger charge is -2.25. The molecule has 1 amide bonds. The Labute approximate surface area is 93.5 Å². The van der Waals surface area contributed by atoms with E-state index in [2.05, 4.69) is 10.3 Å². The molecule has 0 aliphatic carbocycles. The van der Waals surface area contributed by atoms with Crippen LogP contribution in [-0.2, 0) is 0 Å². The summed E-state index contributed by atoms with van der Waals surface area (Å²) in [4.78, 5) is 15.3. The Bertz CT molecular complexity index is 380. The predicted octanol–water partition coefficient (Wildman–Crippen LogP) is 1.11. The van der Waals surface area contributed by atoms with E-state index in [0.717, 1.165) is 12.3 Å². The first kappa shape index (κ1) is 12.6. The van der Waals surface area contributed by atoms with E-state index in [1.54, 1.807) is 13.8 Å². The van der Waals surface area contributed by atoms with Crippen LogP contribution in [0.5, 0.6) is 0 Å². The number of carbonyl (C=O) groups excluding carboxylic acids is 1. The first-order valence-corrected chi connectivity index (χ1v) is 4.98. The molecule has 0 atom stereocenters. The third-order valence-corrected chi connectivity index (χ3v) is 2.16. The number of aromatic nitrogens is 1. The van der Waals surface area contributed by atoms with Gasteiger partial charge in [0.25, 0.3) is 5.91 Å². The molecule has 0 bridgehead atoms. The molecule has 0 radical (unpaired) electrons. The van der Waals surface area contributed by atoms with E-state index in [1.807, 2.05) is 0 Å². The van der Waals surface area contributed by atoms with Crippen LogP contribution in [0, 0.1) is 5.82 Å². The normalized spacial score (nSPS) is 11.2. The van der Waals surface area contributed by atoms with Crippen LogP contribution >= 0.6 is 0 Å². The molecule has 16 heavy (non-hydrogen) atoms. The molecule has 88 valence electrons. The first-order chi connectivity index (χ1) is 7.44. The van der Waals surface area contributed by atoms with Crippen LogP contribution < -0.4 is 5.32 Å². The summed E-state index contributed by atoms with van der Waals surface area (Å²) in [5.41, 5.74) is -0.357. The number of hydrogen-bond donors (Lipinski definition) is 2. The molecule has 1 aromatic rings. The lowest BCUT2D eigenvalue weighted by Crippen LogP contribution is -2.44. The third-order valence-electron chi connectivity index (χ3n) is 2.16. The van der Waals surface area contributed by atoms with Crippen LogP contribution in [0.2, 0.25) is 0 Å². The number of halogens is 1. The van der Waals surface area contributed by atoms with Crippen molar-refractivity contribution in [1.29, 1.82) is 0 Å². The van der Waals surface area contributed by atoms with Gasteiger partial charge in [0.05, 0.1) is 11.8 Å². The molecule has 0 saturated carbocycles. The van der Waals surface area contributed by atoms with Gasteiger partial charge in [-0.25, -0.2) is 4.39 Å². The van der Waals surface area contributed by atoms with Crippen molar-refractivity contribution in [3.05, 3.63) is 29.8 Å². The number of hydrogen-bond acceptors (Lipinski definition) is 3. The Morgan fingerprint density at radius 1 is 1.56 bits per heavy atom. The number of amides is 1. The number of nitrogens with one attached hydrogen (secondary N) is 1. The molecule has 0 spiro atoms. The molecule has 4 nitrogen and oxygen atoms in total. The van der Waals surface area contributed by atoms with Crippen molar-refractivity contribution in [3.63, 3.8) is 0 Å². The third kappa shape index (κ3) is 3.58. The molecule has 1 aromatic heterocycles. The highest BCUT2D eigenvalue weighted by molar-refractivity contribution is 5.94. The van der Waals surface area contributed by atoms with Crippen molar-refractivity contribution in [2.75, 3.05) is 6.61 Å². The molecule has 5 heteroatoms. The molecule has 2 N–H and O–H groups in total. The maximum Gasteiger partial charge on any atom is 0.253 e. The number of rotatable bonds is 4. The number of aliphatic hydroxyl groups excluding tert-OH is 1.